The molecule has 2 aromatic heterocycles. The summed E-state index contributed by atoms with van der Waals surface area (Å²) in [6.07, 6.45) is -26.0. The van der Waals surface area contributed by atoms with E-state index >= 15 is 13.2 Å². The van der Waals surface area contributed by atoms with Crippen LogP contribution in [0.1, 0.15) is 38.9 Å². The highest BCUT2D eigenvalue weighted by Gasteiger charge is 2.41. The molecular formula is C55H25F15N4. The number of nitrogens with zero attached hydrogens (tertiary/aromatic N) is 4. The zero-order valence-corrected chi connectivity index (χ0v) is 36.9. The minimum absolute atomic E-state index is 0.0150. The Bertz CT molecular complexity index is 3820. The number of rotatable bonds is 5. The molecule has 370 valence electrons. The van der Waals surface area contributed by atoms with Crippen molar-refractivity contribution in [3.63, 3.8) is 0 Å². The Hall–Kier alpha value is -8.71. The van der Waals surface area contributed by atoms with Crippen LogP contribution in [-0.2, 0) is 30.9 Å². The van der Waals surface area contributed by atoms with E-state index in [-0.39, 0.29) is 89.4 Å². The average molecular weight is 1030 g/mol. The zero-order chi connectivity index (χ0) is 53.0. The third-order valence-electron chi connectivity index (χ3n) is 12.7. The topological polar surface area (TPSA) is 57.4 Å². The molecule has 0 atom stereocenters. The standard InChI is InChI=1S/C55H25F15N4/c56-51(57,58)32-14-16-34(41(24-32)54(65,66)67)29-12-18-45-38(22-29)36-7-1-3-10-43(36)73(45)47-20-28(26-71)21-48(50(47)49-31(27-72)6-5-9-40(49)53(62,63)64)74-44-11-4-2-8-37(44)39-23-30(13-19-46(39)74)35-17-15-33(52(59,60)61)25-42(35)55(68,69)70/h1-25H. The Labute approximate surface area is 406 Å². The highest BCUT2D eigenvalue weighted by molar-refractivity contribution is 6.13. The Morgan fingerprint density at radius 3 is 1.15 bits per heavy atom. The fourth-order valence-corrected chi connectivity index (χ4v) is 9.65. The molecule has 0 aliphatic carbocycles. The molecule has 19 heteroatoms. The van der Waals surface area contributed by atoms with Crippen molar-refractivity contribution in [2.45, 2.75) is 30.9 Å². The van der Waals surface area contributed by atoms with Gasteiger partial charge in [-0.15, -0.1) is 0 Å². The summed E-state index contributed by atoms with van der Waals surface area (Å²) < 4.78 is 219. The lowest BCUT2D eigenvalue weighted by atomic mass is 9.90. The van der Waals surface area contributed by atoms with Gasteiger partial charge in [-0.3, -0.25) is 0 Å². The van der Waals surface area contributed by atoms with E-state index in [2.05, 4.69) is 0 Å². The van der Waals surface area contributed by atoms with Crippen molar-refractivity contribution >= 4 is 43.6 Å². The summed E-state index contributed by atoms with van der Waals surface area (Å²) in [5, 5.41) is 22.2. The fourth-order valence-electron chi connectivity index (χ4n) is 9.65. The van der Waals surface area contributed by atoms with Gasteiger partial charge in [0, 0.05) is 32.7 Å². The van der Waals surface area contributed by atoms with Crippen LogP contribution in [0.15, 0.2) is 152 Å². The summed E-state index contributed by atoms with van der Waals surface area (Å²) in [7, 11) is 0. The van der Waals surface area contributed by atoms with Crippen LogP contribution in [0.25, 0.3) is 88.4 Å². The van der Waals surface area contributed by atoms with E-state index in [4.69, 9.17) is 0 Å². The van der Waals surface area contributed by atoms with Crippen LogP contribution in [-0.4, -0.2) is 9.13 Å². The molecule has 4 nitrogen and oxygen atoms in total. The van der Waals surface area contributed by atoms with Crippen molar-refractivity contribution in [2.75, 3.05) is 0 Å². The van der Waals surface area contributed by atoms with E-state index in [1.807, 2.05) is 12.1 Å². The Kier molecular flexibility index (Phi) is 11.2. The lowest BCUT2D eigenvalue weighted by molar-refractivity contribution is -0.144. The Balaban J connectivity index is 1.32. The van der Waals surface area contributed by atoms with Crippen molar-refractivity contribution in [3.8, 4) is 56.9 Å². The van der Waals surface area contributed by atoms with Crippen LogP contribution in [0.3, 0.4) is 0 Å². The van der Waals surface area contributed by atoms with Crippen molar-refractivity contribution in [1.82, 2.24) is 9.13 Å². The van der Waals surface area contributed by atoms with Gasteiger partial charge in [0.25, 0.3) is 0 Å². The molecule has 0 radical (unpaired) electrons. The Morgan fingerprint density at radius 1 is 0.338 bits per heavy atom. The number of benzene rings is 8. The zero-order valence-electron chi connectivity index (χ0n) is 36.9. The van der Waals surface area contributed by atoms with E-state index in [0.717, 1.165) is 18.2 Å². The van der Waals surface area contributed by atoms with Gasteiger partial charge in [-0.1, -0.05) is 66.7 Å². The molecule has 0 saturated heterocycles. The number of hydrogen-bond acceptors (Lipinski definition) is 2. The minimum atomic E-state index is -5.27. The van der Waals surface area contributed by atoms with Crippen molar-refractivity contribution in [1.29, 1.82) is 10.5 Å². The third kappa shape index (κ3) is 8.18. The van der Waals surface area contributed by atoms with E-state index in [0.29, 0.717) is 24.3 Å². The van der Waals surface area contributed by atoms with Crippen molar-refractivity contribution < 1.29 is 65.9 Å². The van der Waals surface area contributed by atoms with Crippen LogP contribution < -0.4 is 0 Å². The number of fused-ring (bicyclic) bond motifs is 6. The first-order chi connectivity index (χ1) is 34.8. The predicted octanol–water partition coefficient (Wildman–Crippen LogP) is 17.7. The normalized spacial score (nSPS) is 12.8. The number of nitriles is 2. The van der Waals surface area contributed by atoms with Crippen LogP contribution in [0, 0.1) is 22.7 Å². The lowest BCUT2D eigenvalue weighted by Gasteiger charge is -2.24. The van der Waals surface area contributed by atoms with Crippen LogP contribution in [0.5, 0.6) is 0 Å². The molecule has 0 amide bonds. The molecule has 10 aromatic rings. The van der Waals surface area contributed by atoms with Crippen LogP contribution in [0.4, 0.5) is 65.9 Å². The molecule has 0 saturated carbocycles. The van der Waals surface area contributed by atoms with E-state index in [1.54, 1.807) is 36.4 Å². The largest absolute Gasteiger partial charge is 0.417 e. The summed E-state index contributed by atoms with van der Waals surface area (Å²) in [5.74, 6) is 0. The van der Waals surface area contributed by atoms with Gasteiger partial charge in [0.2, 0.25) is 0 Å². The van der Waals surface area contributed by atoms with Gasteiger partial charge in [0.1, 0.15) is 0 Å². The molecule has 8 aromatic carbocycles. The average Bonchev–Trinajstić information content (AvgIpc) is 3.86. The molecule has 0 bridgehead atoms. The minimum Gasteiger partial charge on any atom is -0.308 e. The van der Waals surface area contributed by atoms with Gasteiger partial charge in [-0.05, 0) is 107 Å². The maximum absolute atomic E-state index is 15.5. The van der Waals surface area contributed by atoms with Gasteiger partial charge >= 0.3 is 30.9 Å². The number of halogens is 15. The molecule has 0 spiro atoms. The second-order valence-corrected chi connectivity index (χ2v) is 17.0. The molecule has 0 fully saturated rings. The second-order valence-electron chi connectivity index (χ2n) is 17.0. The van der Waals surface area contributed by atoms with Gasteiger partial charge < -0.3 is 9.13 Å². The number of hydrogen-bond donors (Lipinski definition) is 0. The summed E-state index contributed by atoms with van der Waals surface area (Å²) in [4.78, 5) is 0. The summed E-state index contributed by atoms with van der Waals surface area (Å²) >= 11 is 0. The number of alkyl halides is 15. The molecule has 0 aliphatic rings. The summed E-state index contributed by atoms with van der Waals surface area (Å²) in [5.41, 5.74) is -10.7. The predicted molar refractivity (Wildman–Crippen MR) is 246 cm³/mol. The maximum atomic E-state index is 15.5. The third-order valence-corrected chi connectivity index (χ3v) is 12.7. The summed E-state index contributed by atoms with van der Waals surface area (Å²) in [6.45, 7) is 0. The highest BCUT2D eigenvalue weighted by Crippen LogP contribution is 2.50. The molecule has 0 N–H and O–H groups in total. The van der Waals surface area contributed by atoms with Crippen LogP contribution in [0.2, 0.25) is 0 Å². The first-order valence-corrected chi connectivity index (χ1v) is 21.6. The van der Waals surface area contributed by atoms with Gasteiger partial charge in [0.05, 0.1) is 84.5 Å². The second kappa shape index (κ2) is 16.9. The first kappa shape index (κ1) is 48.9. The molecule has 74 heavy (non-hydrogen) atoms. The van der Waals surface area contributed by atoms with E-state index in [9.17, 15) is 63.2 Å². The number of para-hydroxylation sites is 2. The van der Waals surface area contributed by atoms with E-state index in [1.165, 1.54) is 69.8 Å². The first-order valence-electron chi connectivity index (χ1n) is 21.6. The SMILES string of the molecule is N#Cc1cc(-n2c3ccccc3c3cc(-c4ccc(C(F)(F)F)cc4C(F)(F)F)ccc32)c(-c2c(C#N)cccc2C(F)(F)F)c(-n2c3ccccc3c3cc(-c4ccc(C(F)(F)F)cc4C(F)(F)F)ccc32)c1. The Morgan fingerprint density at radius 2 is 0.757 bits per heavy atom. The maximum Gasteiger partial charge on any atom is 0.417 e. The highest BCUT2D eigenvalue weighted by atomic mass is 19.4. The van der Waals surface area contributed by atoms with Gasteiger partial charge in [-0.2, -0.15) is 76.4 Å². The smallest absolute Gasteiger partial charge is 0.308 e. The molecule has 0 unspecified atom stereocenters. The molecule has 10 rings (SSSR count). The number of aromatic nitrogens is 2. The molecular weight excluding hydrogens is 1000 g/mol. The van der Waals surface area contributed by atoms with E-state index < -0.39 is 81.0 Å². The lowest BCUT2D eigenvalue weighted by Crippen LogP contribution is -2.12. The van der Waals surface area contributed by atoms with Gasteiger partial charge in [0.15, 0.2) is 0 Å². The summed E-state index contributed by atoms with van der Waals surface area (Å²) in [6, 6.07) is 31.3. The van der Waals surface area contributed by atoms with Gasteiger partial charge in [-0.25, -0.2) is 0 Å². The van der Waals surface area contributed by atoms with Crippen molar-refractivity contribution in [3.05, 3.63) is 191 Å². The van der Waals surface area contributed by atoms with Crippen LogP contribution >= 0.6 is 0 Å². The quantitative estimate of drug-likeness (QED) is 0.161. The monoisotopic (exact) mass is 1030 g/mol. The molecule has 0 aliphatic heterocycles. The molecule has 2 heterocycles. The fraction of sp³-hybridized carbons (Fsp3) is 0.0909. The van der Waals surface area contributed by atoms with Crippen molar-refractivity contribution in [2.24, 2.45) is 0 Å².